The van der Waals surface area contributed by atoms with Crippen LogP contribution >= 0.6 is 8.53 Å². The summed E-state index contributed by atoms with van der Waals surface area (Å²) < 4.78 is 60.4. The molecule has 1 fully saturated rings. The second-order valence-electron chi connectivity index (χ2n) is 15.9. The average molecular weight is 890 g/mol. The number of hydrogen-bond donors (Lipinski definition) is 1. The number of carbonyl (C=O) groups excluding carboxylic acids is 1. The fourth-order valence-electron chi connectivity index (χ4n) is 8.07. The van der Waals surface area contributed by atoms with Gasteiger partial charge < -0.3 is 33.3 Å². The minimum atomic E-state index is -2.28. The SMILES string of the molecule is COc1ccc(C(OC[C@H]2O[C@@H](n3cnc4c(NC(=O)c5ccccc5)ncnc43)[C@@](C)(F)[C@@H]2OP(OCCC#N)N(C(C)C)C(C)C)(c2ccccc2)c2ccc(OC)cc2)cc1. The van der Waals surface area contributed by atoms with Crippen LogP contribution in [0, 0.1) is 11.3 Å². The Balaban J connectivity index is 1.33. The summed E-state index contributed by atoms with van der Waals surface area (Å²) in [6, 6.07) is 35.7. The summed E-state index contributed by atoms with van der Waals surface area (Å²) in [6.45, 7) is 9.36. The Labute approximate surface area is 374 Å². The molecule has 0 bridgehead atoms. The van der Waals surface area contributed by atoms with Gasteiger partial charge in [-0.3, -0.25) is 9.36 Å². The minimum absolute atomic E-state index is 0.0680. The molecule has 1 saturated heterocycles. The van der Waals surface area contributed by atoms with Crippen LogP contribution in [0.5, 0.6) is 11.5 Å². The van der Waals surface area contributed by atoms with Crippen LogP contribution in [0.2, 0.25) is 0 Å². The molecular formula is C48H53FN7O7P. The Morgan fingerprint density at radius 2 is 1.47 bits per heavy atom. The highest BCUT2D eigenvalue weighted by Gasteiger charge is 2.59. The van der Waals surface area contributed by atoms with E-state index in [0.29, 0.717) is 17.1 Å². The first-order chi connectivity index (χ1) is 30.9. The molecule has 334 valence electrons. The van der Waals surface area contributed by atoms with E-state index in [1.165, 1.54) is 24.1 Å². The molecule has 0 spiro atoms. The molecule has 1 aliphatic rings. The number of amides is 1. The highest BCUT2D eigenvalue weighted by molar-refractivity contribution is 7.44. The lowest BCUT2D eigenvalue weighted by Gasteiger charge is -2.40. The van der Waals surface area contributed by atoms with Gasteiger partial charge >= 0.3 is 0 Å². The highest BCUT2D eigenvalue weighted by atomic mass is 31.2. The molecule has 1 aliphatic heterocycles. The first-order valence-corrected chi connectivity index (χ1v) is 22.2. The Bertz CT molecular complexity index is 2450. The smallest absolute Gasteiger partial charge is 0.259 e. The number of benzene rings is 4. The van der Waals surface area contributed by atoms with Crippen molar-refractivity contribution < 1.29 is 37.2 Å². The van der Waals surface area contributed by atoms with Crippen LogP contribution in [0.4, 0.5) is 10.2 Å². The van der Waals surface area contributed by atoms with Crippen LogP contribution in [0.15, 0.2) is 122 Å². The van der Waals surface area contributed by atoms with Crippen molar-refractivity contribution in [2.75, 3.05) is 32.8 Å². The summed E-state index contributed by atoms with van der Waals surface area (Å²) in [4.78, 5) is 26.6. The topological polar surface area (TPSA) is 155 Å². The standard InChI is InChI=1S/C48H53FN7O7P/c1-32(2)56(33(3)4)64(61-28-14-27-50)63-42-40(62-46(47(42,5)49)55-31-53-41-43(51-30-52-44(41)55)54-45(57)34-15-10-8-11-16-34)29-60-48(35-17-12-9-13-18-35,36-19-23-38(58-6)24-20-36)37-21-25-39(59-7)26-22-37/h8-13,15-26,30-33,40,42,46H,14,28-29H2,1-7H3,(H,51,52,54,57)/t40-,42-,46-,47+,64?/m1/s1. The van der Waals surface area contributed by atoms with Crippen LogP contribution < -0.4 is 14.8 Å². The molecule has 4 aromatic carbocycles. The fourth-order valence-corrected chi connectivity index (χ4v) is 9.91. The van der Waals surface area contributed by atoms with Gasteiger partial charge in [-0.2, -0.15) is 5.26 Å². The lowest BCUT2D eigenvalue weighted by molar-refractivity contribution is -0.0939. The summed E-state index contributed by atoms with van der Waals surface area (Å²) in [5, 5.41) is 12.3. The minimum Gasteiger partial charge on any atom is -0.497 e. The van der Waals surface area contributed by atoms with E-state index in [1.54, 1.807) is 38.5 Å². The number of nitrogens with zero attached hydrogens (tertiary/aromatic N) is 6. The van der Waals surface area contributed by atoms with Gasteiger partial charge in [0.15, 0.2) is 28.9 Å². The van der Waals surface area contributed by atoms with E-state index in [1.807, 2.05) is 117 Å². The number of hydrogen-bond acceptors (Lipinski definition) is 12. The van der Waals surface area contributed by atoms with E-state index in [-0.39, 0.29) is 48.7 Å². The van der Waals surface area contributed by atoms with Gasteiger partial charge in [0.25, 0.3) is 14.4 Å². The number of imidazole rings is 1. The number of nitriles is 1. The van der Waals surface area contributed by atoms with E-state index in [2.05, 4.69) is 26.3 Å². The number of nitrogens with one attached hydrogen (secondary N) is 1. The van der Waals surface area contributed by atoms with E-state index >= 15 is 4.39 Å². The first kappa shape index (κ1) is 46.2. The van der Waals surface area contributed by atoms with Gasteiger partial charge in [0.2, 0.25) is 0 Å². The number of aromatic nitrogens is 4. The van der Waals surface area contributed by atoms with Gasteiger partial charge in [-0.15, -0.1) is 0 Å². The lowest BCUT2D eigenvalue weighted by atomic mass is 9.80. The second-order valence-corrected chi connectivity index (χ2v) is 17.3. The molecule has 5 atom stereocenters. The van der Waals surface area contributed by atoms with E-state index in [4.69, 9.17) is 28.0 Å². The summed E-state index contributed by atoms with van der Waals surface area (Å²) >= 11 is 0. The summed E-state index contributed by atoms with van der Waals surface area (Å²) in [6.07, 6.45) is -0.917. The molecule has 2 aromatic heterocycles. The number of alkyl halides is 1. The van der Waals surface area contributed by atoms with Crippen LogP contribution in [-0.4, -0.2) is 87.5 Å². The van der Waals surface area contributed by atoms with Crippen molar-refractivity contribution in [3.05, 3.63) is 144 Å². The zero-order chi connectivity index (χ0) is 45.4. The van der Waals surface area contributed by atoms with Crippen molar-refractivity contribution in [3.8, 4) is 17.6 Å². The zero-order valence-electron chi connectivity index (χ0n) is 36.9. The molecule has 3 heterocycles. The molecule has 1 unspecified atom stereocenters. The molecule has 16 heteroatoms. The van der Waals surface area contributed by atoms with Crippen LogP contribution in [0.3, 0.4) is 0 Å². The number of halogens is 1. The Kier molecular flexibility index (Phi) is 14.7. The van der Waals surface area contributed by atoms with Crippen LogP contribution in [-0.2, 0) is 24.1 Å². The summed E-state index contributed by atoms with van der Waals surface area (Å²) in [5.74, 6) is 1.07. The van der Waals surface area contributed by atoms with Crippen LogP contribution in [0.25, 0.3) is 11.2 Å². The van der Waals surface area contributed by atoms with Crippen molar-refractivity contribution in [1.82, 2.24) is 24.2 Å². The van der Waals surface area contributed by atoms with Gasteiger partial charge in [-0.25, -0.2) is 24.0 Å². The molecule has 6 aromatic rings. The van der Waals surface area contributed by atoms with E-state index in [9.17, 15) is 10.1 Å². The van der Waals surface area contributed by atoms with Crippen LogP contribution in [0.1, 0.15) is 74.3 Å². The van der Waals surface area contributed by atoms with E-state index < -0.39 is 44.1 Å². The molecule has 0 aliphatic carbocycles. The Morgan fingerprint density at radius 3 is 2.03 bits per heavy atom. The maximum Gasteiger partial charge on any atom is 0.259 e. The monoisotopic (exact) mass is 889 g/mol. The summed E-state index contributed by atoms with van der Waals surface area (Å²) in [5.41, 5.74) is -0.322. The lowest BCUT2D eigenvalue weighted by Crippen LogP contribution is -2.45. The predicted octanol–water partition coefficient (Wildman–Crippen LogP) is 9.39. The van der Waals surface area contributed by atoms with Gasteiger partial charge in [-0.05, 0) is 87.7 Å². The van der Waals surface area contributed by atoms with Gasteiger partial charge in [-0.1, -0.05) is 72.8 Å². The normalized spacial score (nSPS) is 19.2. The molecule has 1 amide bonds. The van der Waals surface area contributed by atoms with Gasteiger partial charge in [0.1, 0.15) is 35.6 Å². The molecule has 1 N–H and O–H groups in total. The average Bonchev–Trinajstić information content (AvgIpc) is 3.84. The highest BCUT2D eigenvalue weighted by Crippen LogP contribution is 2.54. The molecule has 14 nitrogen and oxygen atoms in total. The second kappa shape index (κ2) is 20.3. The number of carbonyl (C=O) groups is 1. The number of ether oxygens (including phenoxy) is 4. The van der Waals surface area contributed by atoms with Gasteiger partial charge in [0, 0.05) is 17.6 Å². The van der Waals surface area contributed by atoms with Crippen molar-refractivity contribution in [1.29, 1.82) is 5.26 Å². The summed E-state index contributed by atoms with van der Waals surface area (Å²) in [7, 11) is 1.26. The maximum absolute atomic E-state index is 18.4. The van der Waals surface area contributed by atoms with E-state index in [0.717, 1.165) is 16.7 Å². The zero-order valence-corrected chi connectivity index (χ0v) is 37.8. The molecular weight excluding hydrogens is 837 g/mol. The number of fused-ring (bicyclic) bond motifs is 1. The Hall–Kier alpha value is -5.85. The number of anilines is 1. The molecule has 0 saturated carbocycles. The van der Waals surface area contributed by atoms with Crippen molar-refractivity contribution in [2.24, 2.45) is 0 Å². The molecule has 0 radical (unpaired) electrons. The molecule has 64 heavy (non-hydrogen) atoms. The van der Waals surface area contributed by atoms with Gasteiger partial charge in [0.05, 0.1) is 46.3 Å². The van der Waals surface area contributed by atoms with Crippen molar-refractivity contribution >= 4 is 31.4 Å². The van der Waals surface area contributed by atoms with Crippen molar-refractivity contribution in [3.63, 3.8) is 0 Å². The third-order valence-corrected chi connectivity index (χ3v) is 13.2. The Morgan fingerprint density at radius 1 is 0.891 bits per heavy atom. The fraction of sp³-hybridized carbons (Fsp3) is 0.354. The number of rotatable bonds is 19. The third kappa shape index (κ3) is 9.49. The van der Waals surface area contributed by atoms with Crippen molar-refractivity contribution in [2.45, 2.75) is 82.8 Å². The largest absolute Gasteiger partial charge is 0.497 e. The third-order valence-electron chi connectivity index (χ3n) is 11.1. The predicted molar refractivity (Wildman–Crippen MR) is 241 cm³/mol. The molecule has 7 rings (SSSR count). The maximum atomic E-state index is 18.4. The quantitative estimate of drug-likeness (QED) is 0.0468. The number of methoxy groups -OCH3 is 2. The first-order valence-electron chi connectivity index (χ1n) is 21.0.